The second kappa shape index (κ2) is 19.9. The fourth-order valence-electron chi connectivity index (χ4n) is 10.8. The Bertz CT molecular complexity index is 4480. The maximum Gasteiger partial charge on any atom is 0.159 e. The molecule has 1 aliphatic rings. The molecule has 16 rings (SSSR count). The van der Waals surface area contributed by atoms with Gasteiger partial charge in [-0.25, -0.2) is 19.9 Å². The fourth-order valence-corrected chi connectivity index (χ4v) is 13.2. The summed E-state index contributed by atoms with van der Waals surface area (Å²) in [5.74, 6) is 0.927. The van der Waals surface area contributed by atoms with Gasteiger partial charge in [0, 0.05) is 30.9 Å². The highest BCUT2D eigenvalue weighted by atomic mass is 35.5. The van der Waals surface area contributed by atoms with Crippen molar-refractivity contribution >= 4 is 96.7 Å². The van der Waals surface area contributed by atoms with Gasteiger partial charge in [0.15, 0.2) is 5.82 Å². The minimum absolute atomic E-state index is 0.538. The molecular formula is C69H44ClN5S2. The Balaban J connectivity index is 0.000000118. The van der Waals surface area contributed by atoms with Crippen LogP contribution >= 0.6 is 34.3 Å². The van der Waals surface area contributed by atoms with E-state index in [0.717, 1.165) is 49.1 Å². The number of rotatable bonds is 5. The zero-order valence-electron chi connectivity index (χ0n) is 41.4. The van der Waals surface area contributed by atoms with Gasteiger partial charge < -0.3 is 0 Å². The molecule has 5 aromatic heterocycles. The van der Waals surface area contributed by atoms with E-state index in [2.05, 4.69) is 245 Å². The summed E-state index contributed by atoms with van der Waals surface area (Å²) < 4.78 is 6.81. The molecule has 0 saturated carbocycles. The van der Waals surface area contributed by atoms with Crippen LogP contribution in [-0.4, -0.2) is 24.5 Å². The van der Waals surface area contributed by atoms with Gasteiger partial charge >= 0.3 is 0 Å². The lowest BCUT2D eigenvalue weighted by Gasteiger charge is -2.08. The van der Waals surface area contributed by atoms with Gasteiger partial charge in [-0.2, -0.15) is 0 Å². The van der Waals surface area contributed by atoms with Crippen LogP contribution in [0, 0.1) is 0 Å². The normalized spacial score (nSPS) is 11.6. The second-order valence-corrected chi connectivity index (χ2v) is 21.6. The van der Waals surface area contributed by atoms with Gasteiger partial charge in [0.25, 0.3) is 0 Å². The van der Waals surface area contributed by atoms with Crippen molar-refractivity contribution in [3.8, 4) is 61.5 Å². The van der Waals surface area contributed by atoms with Crippen molar-refractivity contribution in [2.45, 2.75) is 6.42 Å². The topological polar surface area (TPSA) is 56.5 Å². The third-order valence-electron chi connectivity index (χ3n) is 14.5. The van der Waals surface area contributed by atoms with Gasteiger partial charge in [-0.3, -0.25) is 4.57 Å². The van der Waals surface area contributed by atoms with Crippen LogP contribution in [0.25, 0.3) is 124 Å². The molecule has 77 heavy (non-hydrogen) atoms. The first-order valence-electron chi connectivity index (χ1n) is 25.6. The Morgan fingerprint density at radius 3 is 1.21 bits per heavy atom. The maximum absolute atomic E-state index is 5.99. The molecule has 5 heterocycles. The Morgan fingerprint density at radius 1 is 0.338 bits per heavy atom. The third-order valence-corrected chi connectivity index (χ3v) is 17.3. The molecular weight excluding hydrogens is 998 g/mol. The Morgan fingerprint density at radius 2 is 0.727 bits per heavy atom. The molecule has 0 bridgehead atoms. The van der Waals surface area contributed by atoms with Gasteiger partial charge in [0.2, 0.25) is 0 Å². The van der Waals surface area contributed by atoms with Gasteiger partial charge in [0.05, 0.1) is 31.5 Å². The number of thiophene rings is 2. The average molecular weight is 1040 g/mol. The quantitative estimate of drug-likeness (QED) is 0.161. The molecule has 0 aliphatic heterocycles. The van der Waals surface area contributed by atoms with Crippen LogP contribution in [0.15, 0.2) is 255 Å². The molecule has 0 amide bonds. The van der Waals surface area contributed by atoms with E-state index < -0.39 is 0 Å². The summed E-state index contributed by atoms with van der Waals surface area (Å²) in [6, 6.07) is 86.4. The smallest absolute Gasteiger partial charge is 0.159 e. The first-order chi connectivity index (χ1) is 38.1. The summed E-state index contributed by atoms with van der Waals surface area (Å²) in [7, 11) is 0. The van der Waals surface area contributed by atoms with E-state index in [9.17, 15) is 0 Å². The minimum atomic E-state index is 0.538. The van der Waals surface area contributed by atoms with E-state index in [1.54, 1.807) is 29.0 Å². The number of benzene rings is 10. The largest absolute Gasteiger partial charge is 0.292 e. The predicted octanol–water partition coefficient (Wildman–Crippen LogP) is 19.4. The lowest BCUT2D eigenvalue weighted by molar-refractivity contribution is 1.08. The van der Waals surface area contributed by atoms with Crippen molar-refractivity contribution in [3.05, 3.63) is 272 Å². The van der Waals surface area contributed by atoms with Crippen LogP contribution in [0.1, 0.15) is 11.1 Å². The van der Waals surface area contributed by atoms with Gasteiger partial charge in [0.1, 0.15) is 17.8 Å². The third kappa shape index (κ3) is 8.61. The number of fused-ring (bicyclic) bond motifs is 12. The van der Waals surface area contributed by atoms with Crippen molar-refractivity contribution < 1.29 is 0 Å². The van der Waals surface area contributed by atoms with Crippen LogP contribution in [0.2, 0.25) is 5.15 Å². The molecule has 0 unspecified atom stereocenters. The van der Waals surface area contributed by atoms with E-state index >= 15 is 0 Å². The van der Waals surface area contributed by atoms with E-state index in [0.29, 0.717) is 5.15 Å². The van der Waals surface area contributed by atoms with Crippen LogP contribution in [0.4, 0.5) is 0 Å². The Labute approximate surface area is 457 Å². The molecule has 5 nitrogen and oxygen atoms in total. The maximum atomic E-state index is 5.99. The minimum Gasteiger partial charge on any atom is -0.292 e. The molecule has 0 radical (unpaired) electrons. The number of hydrogen-bond acceptors (Lipinski definition) is 6. The predicted molar refractivity (Wildman–Crippen MR) is 326 cm³/mol. The number of aromatic nitrogens is 5. The van der Waals surface area contributed by atoms with Crippen LogP contribution < -0.4 is 0 Å². The number of halogens is 1. The van der Waals surface area contributed by atoms with Gasteiger partial charge in [-0.15, -0.1) is 22.7 Å². The molecule has 364 valence electrons. The average Bonchev–Trinajstić information content (AvgIpc) is 4.38. The molecule has 0 N–H and O–H groups in total. The van der Waals surface area contributed by atoms with Crippen LogP contribution in [-0.2, 0) is 6.42 Å². The van der Waals surface area contributed by atoms with Crippen molar-refractivity contribution in [2.24, 2.45) is 0 Å². The molecule has 0 atom stereocenters. The summed E-state index contributed by atoms with van der Waals surface area (Å²) >= 11 is 9.38. The van der Waals surface area contributed by atoms with E-state index in [1.165, 1.54) is 98.6 Å². The van der Waals surface area contributed by atoms with Crippen LogP contribution in [0.3, 0.4) is 0 Å². The molecule has 0 saturated heterocycles. The Hall–Kier alpha value is -9.11. The van der Waals surface area contributed by atoms with Gasteiger partial charge in [-0.1, -0.05) is 206 Å². The summed E-state index contributed by atoms with van der Waals surface area (Å²) in [4.78, 5) is 17.8. The Kier molecular flexibility index (Phi) is 12.0. The summed E-state index contributed by atoms with van der Waals surface area (Å²) in [6.45, 7) is 0. The summed E-state index contributed by atoms with van der Waals surface area (Å²) in [5, 5.41) is 5.29. The number of hydrogen-bond donors (Lipinski definition) is 0. The standard InChI is InChI=1S/C34H21N3S.C25H18.C10H5ClN2S/c1-3-9-22(10-4-1)24-15-17-29-27(19-24)28-20-25(23-11-5-2-6-12-23)16-18-30(28)37(29)34-33-32(35-21-36-34)26-13-7-8-14-31(26)38-33;1-3-7-18(8-4-1)20-11-13-22-15-23-14-12-21(17-25(23)24(22)16-20)19-9-5-2-6-10-19;11-10-9-8(12-5-13-10)6-3-1-2-4-7(6)14-9/h1-21H;1-14,16-17H,15H2;1-5H. The molecule has 8 heteroatoms. The van der Waals surface area contributed by atoms with Crippen molar-refractivity contribution in [2.75, 3.05) is 0 Å². The monoisotopic (exact) mass is 1040 g/mol. The molecule has 15 aromatic rings. The van der Waals surface area contributed by atoms with Gasteiger partial charge in [-0.05, 0) is 122 Å². The first-order valence-corrected chi connectivity index (χ1v) is 27.6. The fraction of sp³-hybridized carbons (Fsp3) is 0.0145. The zero-order valence-corrected chi connectivity index (χ0v) is 43.8. The lowest BCUT2D eigenvalue weighted by atomic mass is 9.96. The zero-order chi connectivity index (χ0) is 51.2. The van der Waals surface area contributed by atoms with Crippen LogP contribution in [0.5, 0.6) is 0 Å². The molecule has 1 aliphatic carbocycles. The highest BCUT2D eigenvalue weighted by molar-refractivity contribution is 7.26. The highest BCUT2D eigenvalue weighted by Crippen LogP contribution is 2.43. The van der Waals surface area contributed by atoms with E-state index in [4.69, 9.17) is 21.6 Å². The van der Waals surface area contributed by atoms with E-state index in [1.807, 2.05) is 12.1 Å². The second-order valence-electron chi connectivity index (χ2n) is 19.1. The van der Waals surface area contributed by atoms with E-state index in [-0.39, 0.29) is 0 Å². The summed E-state index contributed by atoms with van der Waals surface area (Å²) in [5.41, 5.74) is 19.8. The number of nitrogens with zero attached hydrogens (tertiary/aromatic N) is 5. The lowest BCUT2D eigenvalue weighted by Crippen LogP contribution is -1.98. The van der Waals surface area contributed by atoms with Crippen molar-refractivity contribution in [1.82, 2.24) is 24.5 Å². The molecule has 10 aromatic carbocycles. The SMILES string of the molecule is Clc1ncnc2c1sc1ccccc12.c1ccc(-c2ccc3c(c2)-c2cc(-c4ccccc4)ccc2C3)cc1.c1ccc(-c2ccc3c(c2)c2cc(-c4ccccc4)ccc2n3-c2ncnc3c2sc2ccccc23)cc1. The summed E-state index contributed by atoms with van der Waals surface area (Å²) in [6.07, 6.45) is 4.24. The first kappa shape index (κ1) is 46.4. The molecule has 0 fully saturated rings. The van der Waals surface area contributed by atoms with Crippen molar-refractivity contribution in [3.63, 3.8) is 0 Å². The molecule has 0 spiro atoms. The highest BCUT2D eigenvalue weighted by Gasteiger charge is 2.21. The van der Waals surface area contributed by atoms with Crippen molar-refractivity contribution in [1.29, 1.82) is 0 Å².